The van der Waals surface area contributed by atoms with E-state index in [1.165, 1.54) is 0 Å². The third kappa shape index (κ3) is 4.74. The Morgan fingerprint density at radius 2 is 1.96 bits per heavy atom. The first-order valence-electron chi connectivity index (χ1n) is 8.55. The van der Waals surface area contributed by atoms with Crippen LogP contribution in [0, 0.1) is 5.92 Å². The molecule has 2 saturated heterocycles. The first-order chi connectivity index (χ1) is 11.6. The van der Waals surface area contributed by atoms with Crippen LogP contribution in [-0.2, 0) is 9.53 Å². The second-order valence-electron chi connectivity index (χ2n) is 6.55. The summed E-state index contributed by atoms with van der Waals surface area (Å²) >= 11 is 12.1. The summed E-state index contributed by atoms with van der Waals surface area (Å²) in [5.74, 6) is 1.38. The van der Waals surface area contributed by atoms with Crippen molar-refractivity contribution in [3.8, 4) is 0 Å². The highest BCUT2D eigenvalue weighted by Crippen LogP contribution is 2.30. The number of anilines is 1. The van der Waals surface area contributed by atoms with Crippen LogP contribution in [-0.4, -0.2) is 43.2 Å². The fourth-order valence-electron chi connectivity index (χ4n) is 3.38. The quantitative estimate of drug-likeness (QED) is 0.881. The van der Waals surface area contributed by atoms with Crippen LogP contribution >= 0.6 is 23.2 Å². The van der Waals surface area contributed by atoms with Gasteiger partial charge in [-0.05, 0) is 37.7 Å². The Bertz CT molecular complexity index is 571. The number of aromatic nitrogens is 1. The van der Waals surface area contributed by atoms with Crippen molar-refractivity contribution in [2.45, 2.75) is 38.1 Å². The van der Waals surface area contributed by atoms with E-state index in [-0.39, 0.29) is 11.9 Å². The topological polar surface area (TPSA) is 54.5 Å². The molecule has 0 radical (unpaired) electrons. The molecule has 1 amide bonds. The van der Waals surface area contributed by atoms with Gasteiger partial charge in [0, 0.05) is 45.0 Å². The van der Waals surface area contributed by atoms with Gasteiger partial charge in [0.15, 0.2) is 0 Å². The molecule has 0 spiro atoms. The van der Waals surface area contributed by atoms with Gasteiger partial charge in [0.1, 0.15) is 5.82 Å². The molecule has 7 heteroatoms. The summed E-state index contributed by atoms with van der Waals surface area (Å²) in [6.07, 6.45) is 6.02. The zero-order valence-electron chi connectivity index (χ0n) is 13.6. The van der Waals surface area contributed by atoms with Crippen molar-refractivity contribution < 1.29 is 9.53 Å². The van der Waals surface area contributed by atoms with Crippen LogP contribution in [0.5, 0.6) is 0 Å². The molecule has 0 aromatic carbocycles. The second kappa shape index (κ2) is 8.37. The summed E-state index contributed by atoms with van der Waals surface area (Å²) in [6, 6.07) is 2.00. The molecule has 2 aliphatic heterocycles. The normalized spacial score (nSPS) is 20.2. The average molecular weight is 372 g/mol. The summed E-state index contributed by atoms with van der Waals surface area (Å²) in [5, 5.41) is 4.27. The summed E-state index contributed by atoms with van der Waals surface area (Å²) in [4.78, 5) is 18.7. The lowest BCUT2D eigenvalue weighted by atomic mass is 9.93. The SMILES string of the molecule is O=C(CC1CCN(c2ncc(Cl)cc2Cl)CC1)NC1CCOCC1. The number of amides is 1. The van der Waals surface area contributed by atoms with Gasteiger partial charge >= 0.3 is 0 Å². The maximum atomic E-state index is 12.2. The van der Waals surface area contributed by atoms with E-state index in [1.54, 1.807) is 12.3 Å². The fourth-order valence-corrected chi connectivity index (χ4v) is 3.88. The molecule has 0 atom stereocenters. The predicted octanol–water partition coefficient (Wildman–Crippen LogP) is 3.29. The van der Waals surface area contributed by atoms with E-state index in [2.05, 4.69) is 15.2 Å². The van der Waals surface area contributed by atoms with Crippen molar-refractivity contribution in [1.82, 2.24) is 10.3 Å². The zero-order valence-corrected chi connectivity index (χ0v) is 15.2. The molecular weight excluding hydrogens is 349 g/mol. The van der Waals surface area contributed by atoms with E-state index in [1.807, 2.05) is 0 Å². The smallest absolute Gasteiger partial charge is 0.220 e. The summed E-state index contributed by atoms with van der Waals surface area (Å²) in [5.41, 5.74) is 0. The Balaban J connectivity index is 1.45. The highest BCUT2D eigenvalue weighted by atomic mass is 35.5. The Labute approximate surface area is 152 Å². The molecule has 0 bridgehead atoms. The summed E-state index contributed by atoms with van der Waals surface area (Å²) in [6.45, 7) is 3.23. The number of ether oxygens (including phenoxy) is 1. The van der Waals surface area contributed by atoms with E-state index >= 15 is 0 Å². The van der Waals surface area contributed by atoms with E-state index in [9.17, 15) is 4.79 Å². The number of nitrogens with zero attached hydrogens (tertiary/aromatic N) is 2. The molecule has 2 fully saturated rings. The Morgan fingerprint density at radius 1 is 1.25 bits per heavy atom. The van der Waals surface area contributed by atoms with Crippen LogP contribution in [0.25, 0.3) is 0 Å². The average Bonchev–Trinajstić information content (AvgIpc) is 2.57. The number of halogens is 2. The minimum absolute atomic E-state index is 0.169. The largest absolute Gasteiger partial charge is 0.381 e. The molecule has 3 heterocycles. The summed E-state index contributed by atoms with van der Waals surface area (Å²) < 4.78 is 5.32. The molecule has 1 N–H and O–H groups in total. The number of carbonyl (C=O) groups excluding carboxylic acids is 1. The monoisotopic (exact) mass is 371 g/mol. The molecule has 132 valence electrons. The van der Waals surface area contributed by atoms with Crippen LogP contribution in [0.1, 0.15) is 32.1 Å². The fraction of sp³-hybridized carbons (Fsp3) is 0.647. The third-order valence-electron chi connectivity index (χ3n) is 4.76. The highest BCUT2D eigenvalue weighted by molar-refractivity contribution is 6.36. The van der Waals surface area contributed by atoms with Crippen molar-refractivity contribution in [1.29, 1.82) is 0 Å². The van der Waals surface area contributed by atoms with Gasteiger partial charge in [-0.15, -0.1) is 0 Å². The van der Waals surface area contributed by atoms with E-state index in [0.29, 0.717) is 22.4 Å². The maximum absolute atomic E-state index is 12.2. The molecule has 0 saturated carbocycles. The maximum Gasteiger partial charge on any atom is 0.220 e. The molecule has 2 aliphatic rings. The number of rotatable bonds is 4. The van der Waals surface area contributed by atoms with E-state index in [4.69, 9.17) is 27.9 Å². The molecule has 24 heavy (non-hydrogen) atoms. The van der Waals surface area contributed by atoms with Crippen molar-refractivity contribution in [2.24, 2.45) is 5.92 Å². The number of pyridine rings is 1. The number of hydrogen-bond acceptors (Lipinski definition) is 4. The van der Waals surface area contributed by atoms with Gasteiger partial charge in [0.25, 0.3) is 0 Å². The molecule has 5 nitrogen and oxygen atoms in total. The number of hydrogen-bond donors (Lipinski definition) is 1. The third-order valence-corrected chi connectivity index (χ3v) is 5.25. The van der Waals surface area contributed by atoms with Gasteiger partial charge in [-0.1, -0.05) is 23.2 Å². The molecule has 0 aliphatic carbocycles. The minimum Gasteiger partial charge on any atom is -0.381 e. The van der Waals surface area contributed by atoms with Gasteiger partial charge in [0.2, 0.25) is 5.91 Å². The van der Waals surface area contributed by atoms with Gasteiger partial charge in [-0.2, -0.15) is 0 Å². The number of carbonyl (C=O) groups is 1. The lowest BCUT2D eigenvalue weighted by molar-refractivity contribution is -0.123. The van der Waals surface area contributed by atoms with Crippen LogP contribution in [0.2, 0.25) is 10.0 Å². The Hall–Kier alpha value is -1.04. The van der Waals surface area contributed by atoms with Crippen LogP contribution in [0.4, 0.5) is 5.82 Å². The predicted molar refractivity (Wildman–Crippen MR) is 95.8 cm³/mol. The van der Waals surface area contributed by atoms with Crippen molar-refractivity contribution in [3.63, 3.8) is 0 Å². The van der Waals surface area contributed by atoms with Gasteiger partial charge in [-0.25, -0.2) is 4.98 Å². The number of piperidine rings is 1. The first-order valence-corrected chi connectivity index (χ1v) is 9.30. The molecule has 3 rings (SSSR count). The van der Waals surface area contributed by atoms with Crippen molar-refractivity contribution in [2.75, 3.05) is 31.2 Å². The Kier molecular flexibility index (Phi) is 6.19. The standard InChI is InChI=1S/C17H23Cl2N3O2/c18-13-10-15(19)17(20-11-13)22-5-1-12(2-6-22)9-16(23)21-14-3-7-24-8-4-14/h10-12,14H,1-9H2,(H,21,23). The number of nitrogens with one attached hydrogen (secondary N) is 1. The van der Waals surface area contributed by atoms with Gasteiger partial charge < -0.3 is 15.0 Å². The van der Waals surface area contributed by atoms with Crippen LogP contribution in [0.3, 0.4) is 0 Å². The highest BCUT2D eigenvalue weighted by Gasteiger charge is 2.24. The second-order valence-corrected chi connectivity index (χ2v) is 7.39. The van der Waals surface area contributed by atoms with Crippen LogP contribution in [0.15, 0.2) is 12.3 Å². The van der Waals surface area contributed by atoms with Crippen molar-refractivity contribution in [3.05, 3.63) is 22.3 Å². The minimum atomic E-state index is 0.169. The summed E-state index contributed by atoms with van der Waals surface area (Å²) in [7, 11) is 0. The molecule has 1 aromatic rings. The molecule has 0 unspecified atom stereocenters. The molecular formula is C17H23Cl2N3O2. The van der Waals surface area contributed by atoms with E-state index < -0.39 is 0 Å². The van der Waals surface area contributed by atoms with Crippen LogP contribution < -0.4 is 10.2 Å². The van der Waals surface area contributed by atoms with Gasteiger partial charge in [-0.3, -0.25) is 4.79 Å². The molecule has 1 aromatic heterocycles. The lowest BCUT2D eigenvalue weighted by Gasteiger charge is -2.33. The van der Waals surface area contributed by atoms with Crippen molar-refractivity contribution >= 4 is 34.9 Å². The zero-order chi connectivity index (χ0) is 16.9. The first kappa shape index (κ1) is 17.8. The van der Waals surface area contributed by atoms with Gasteiger partial charge in [0.05, 0.1) is 10.0 Å². The lowest BCUT2D eigenvalue weighted by Crippen LogP contribution is -2.41. The Morgan fingerprint density at radius 3 is 2.62 bits per heavy atom. The van der Waals surface area contributed by atoms with E-state index in [0.717, 1.165) is 57.8 Å².